The maximum Gasteiger partial charge on any atom is 0.252 e. The first kappa shape index (κ1) is 16.6. The minimum Gasteiger partial charge on any atom is -0.276 e. The Morgan fingerprint density at radius 1 is 1.08 bits per heavy atom. The van der Waals surface area contributed by atoms with Crippen molar-refractivity contribution in [1.29, 1.82) is 0 Å². The van der Waals surface area contributed by atoms with Crippen molar-refractivity contribution in [3.05, 3.63) is 71.9 Å². The number of para-hydroxylation sites is 2. The van der Waals surface area contributed by atoms with Crippen molar-refractivity contribution in [2.24, 2.45) is 0 Å². The van der Waals surface area contributed by atoms with E-state index in [9.17, 15) is 4.79 Å². The van der Waals surface area contributed by atoms with Crippen molar-refractivity contribution in [2.45, 2.75) is 12.3 Å². The highest BCUT2D eigenvalue weighted by molar-refractivity contribution is 8.01. The molecule has 6 heteroatoms. The van der Waals surface area contributed by atoms with Gasteiger partial charge < -0.3 is 0 Å². The number of fused-ring (bicyclic) bond motifs is 1. The molecule has 0 bridgehead atoms. The van der Waals surface area contributed by atoms with E-state index in [1.165, 1.54) is 0 Å². The Labute approximate surface area is 156 Å². The van der Waals surface area contributed by atoms with Gasteiger partial charge in [0.05, 0.1) is 22.5 Å². The number of benzene rings is 2. The molecule has 1 atom stereocenters. The Morgan fingerprint density at radius 3 is 2.54 bits per heavy atom. The number of aryl methyl sites for hydroxylation is 1. The second-order valence-electron chi connectivity index (χ2n) is 5.99. The zero-order valence-corrected chi connectivity index (χ0v) is 15.1. The summed E-state index contributed by atoms with van der Waals surface area (Å²) in [5.41, 5.74) is 6.69. The smallest absolute Gasteiger partial charge is 0.252 e. The average molecular weight is 362 g/mol. The number of rotatable bonds is 4. The highest BCUT2D eigenvalue weighted by atomic mass is 32.2. The summed E-state index contributed by atoms with van der Waals surface area (Å²) in [6, 6.07) is 17.8. The summed E-state index contributed by atoms with van der Waals surface area (Å²) in [6.45, 7) is 1.89. The monoisotopic (exact) mass is 362 g/mol. The highest BCUT2D eigenvalue weighted by Crippen LogP contribution is 2.28. The number of carbonyl (C=O) groups excluding carboxylic acids is 1. The summed E-state index contributed by atoms with van der Waals surface area (Å²) in [7, 11) is 0. The van der Waals surface area contributed by atoms with Crippen LogP contribution in [-0.2, 0) is 4.79 Å². The third-order valence-electron chi connectivity index (χ3n) is 4.12. The molecule has 1 aromatic heterocycles. The first-order valence-electron chi connectivity index (χ1n) is 8.38. The van der Waals surface area contributed by atoms with Crippen LogP contribution in [0.1, 0.15) is 11.3 Å². The molecule has 26 heavy (non-hydrogen) atoms. The quantitative estimate of drug-likeness (QED) is 0.763. The van der Waals surface area contributed by atoms with E-state index in [-0.39, 0.29) is 11.3 Å². The summed E-state index contributed by atoms with van der Waals surface area (Å²) in [4.78, 5) is 21.5. The molecule has 1 aliphatic rings. The van der Waals surface area contributed by atoms with E-state index in [2.05, 4.69) is 15.4 Å². The van der Waals surface area contributed by atoms with Crippen molar-refractivity contribution in [3.8, 4) is 0 Å². The van der Waals surface area contributed by atoms with E-state index in [0.29, 0.717) is 11.6 Å². The van der Waals surface area contributed by atoms with Gasteiger partial charge in [0.2, 0.25) is 0 Å². The molecule has 0 saturated carbocycles. The molecule has 1 saturated heterocycles. The lowest BCUT2D eigenvalue weighted by Gasteiger charge is -2.23. The van der Waals surface area contributed by atoms with Gasteiger partial charge in [-0.1, -0.05) is 48.5 Å². The first-order chi connectivity index (χ1) is 12.7. The largest absolute Gasteiger partial charge is 0.276 e. The first-order valence-corrected chi connectivity index (χ1v) is 9.42. The van der Waals surface area contributed by atoms with E-state index in [1.54, 1.807) is 16.8 Å². The summed E-state index contributed by atoms with van der Waals surface area (Å²) in [6.07, 6.45) is 4.06. The van der Waals surface area contributed by atoms with Crippen LogP contribution in [0.2, 0.25) is 0 Å². The van der Waals surface area contributed by atoms with Crippen LogP contribution in [0.3, 0.4) is 0 Å². The molecular formula is C20H18N4OS. The van der Waals surface area contributed by atoms with Gasteiger partial charge >= 0.3 is 0 Å². The third kappa shape index (κ3) is 3.41. The summed E-state index contributed by atoms with van der Waals surface area (Å²) in [5.74, 6) is 1.08. The van der Waals surface area contributed by atoms with Crippen LogP contribution in [0, 0.1) is 6.92 Å². The maximum absolute atomic E-state index is 12.3. The van der Waals surface area contributed by atoms with Crippen LogP contribution in [0.5, 0.6) is 0 Å². The number of hydrazine groups is 1. The zero-order chi connectivity index (χ0) is 17.9. The summed E-state index contributed by atoms with van der Waals surface area (Å²) in [5, 5.41) is 1.55. The standard InChI is InChI=1S/C20H18N4OS/c1-14-20(22-17-10-6-5-9-16(17)21-14)23-24-18(25)13-26-19(24)12-11-15-7-3-2-4-8-15/h2-12,19H,13H2,1H3,(H,22,23)/b12-11+. The van der Waals surface area contributed by atoms with Gasteiger partial charge in [-0.25, -0.2) is 15.0 Å². The second kappa shape index (κ2) is 7.17. The van der Waals surface area contributed by atoms with E-state index in [4.69, 9.17) is 0 Å². The van der Waals surface area contributed by atoms with Crippen LogP contribution >= 0.6 is 11.8 Å². The molecule has 2 heterocycles. The van der Waals surface area contributed by atoms with Crippen molar-refractivity contribution >= 4 is 40.6 Å². The topological polar surface area (TPSA) is 58.1 Å². The number of anilines is 1. The molecule has 1 amide bonds. The van der Waals surface area contributed by atoms with E-state index in [0.717, 1.165) is 22.3 Å². The molecule has 5 nitrogen and oxygen atoms in total. The number of amides is 1. The van der Waals surface area contributed by atoms with Gasteiger partial charge in [-0.3, -0.25) is 10.2 Å². The Balaban J connectivity index is 1.58. The molecule has 0 aliphatic carbocycles. The van der Waals surface area contributed by atoms with E-state index in [1.807, 2.05) is 73.7 Å². The van der Waals surface area contributed by atoms with Gasteiger partial charge in [0, 0.05) is 0 Å². The molecule has 0 spiro atoms. The van der Waals surface area contributed by atoms with Crippen LogP contribution < -0.4 is 5.43 Å². The molecule has 4 rings (SSSR count). The lowest BCUT2D eigenvalue weighted by atomic mass is 10.2. The summed E-state index contributed by atoms with van der Waals surface area (Å²) < 4.78 is 0. The van der Waals surface area contributed by atoms with Gasteiger partial charge in [-0.2, -0.15) is 0 Å². The van der Waals surface area contributed by atoms with E-state index >= 15 is 0 Å². The second-order valence-corrected chi connectivity index (χ2v) is 7.10. The van der Waals surface area contributed by atoms with Crippen molar-refractivity contribution in [3.63, 3.8) is 0 Å². The highest BCUT2D eigenvalue weighted by Gasteiger charge is 2.31. The predicted octanol–water partition coefficient (Wildman–Crippen LogP) is 3.88. The van der Waals surface area contributed by atoms with Gasteiger partial charge in [0.1, 0.15) is 5.37 Å². The Bertz CT molecular complexity index is 974. The minimum atomic E-state index is -0.0876. The molecule has 0 radical (unpaired) electrons. The van der Waals surface area contributed by atoms with Gasteiger partial charge in [-0.05, 0) is 30.7 Å². The number of carbonyl (C=O) groups is 1. The molecule has 1 unspecified atom stereocenters. The van der Waals surface area contributed by atoms with Gasteiger partial charge in [0.15, 0.2) is 5.82 Å². The minimum absolute atomic E-state index is 0.0343. The van der Waals surface area contributed by atoms with E-state index < -0.39 is 0 Å². The molecule has 2 aromatic carbocycles. The zero-order valence-electron chi connectivity index (χ0n) is 14.3. The molecular weight excluding hydrogens is 344 g/mol. The van der Waals surface area contributed by atoms with Gasteiger partial charge in [0.25, 0.3) is 5.91 Å². The Hall–Kier alpha value is -2.86. The van der Waals surface area contributed by atoms with Crippen molar-refractivity contribution in [2.75, 3.05) is 11.2 Å². The lowest BCUT2D eigenvalue weighted by Crippen LogP contribution is -2.37. The van der Waals surface area contributed by atoms with Crippen LogP contribution in [0.15, 0.2) is 60.7 Å². The van der Waals surface area contributed by atoms with Crippen LogP contribution in [-0.4, -0.2) is 32.0 Å². The predicted molar refractivity (Wildman–Crippen MR) is 106 cm³/mol. The van der Waals surface area contributed by atoms with Crippen LogP contribution in [0.4, 0.5) is 5.82 Å². The number of hydrogen-bond acceptors (Lipinski definition) is 5. The number of aromatic nitrogens is 2. The molecule has 130 valence electrons. The fourth-order valence-electron chi connectivity index (χ4n) is 2.78. The van der Waals surface area contributed by atoms with Crippen molar-refractivity contribution in [1.82, 2.24) is 15.0 Å². The fourth-order valence-corrected chi connectivity index (χ4v) is 3.74. The normalized spacial score (nSPS) is 17.3. The molecule has 1 aliphatic heterocycles. The number of nitrogens with zero attached hydrogens (tertiary/aromatic N) is 3. The van der Waals surface area contributed by atoms with Gasteiger partial charge in [-0.15, -0.1) is 11.8 Å². The Morgan fingerprint density at radius 2 is 1.77 bits per heavy atom. The van der Waals surface area contributed by atoms with Crippen LogP contribution in [0.25, 0.3) is 17.1 Å². The number of thioether (sulfide) groups is 1. The summed E-state index contributed by atoms with van der Waals surface area (Å²) >= 11 is 1.59. The number of hydrogen-bond donors (Lipinski definition) is 1. The fraction of sp³-hybridized carbons (Fsp3) is 0.150. The third-order valence-corrected chi connectivity index (χ3v) is 5.25. The SMILES string of the molecule is Cc1nc2ccccc2nc1NN1C(=O)CSC1/C=C/c1ccccc1. The number of nitrogens with one attached hydrogen (secondary N) is 1. The maximum atomic E-state index is 12.3. The average Bonchev–Trinajstić information content (AvgIpc) is 3.01. The molecule has 3 aromatic rings. The lowest BCUT2D eigenvalue weighted by molar-refractivity contribution is -0.126. The van der Waals surface area contributed by atoms with Crippen molar-refractivity contribution < 1.29 is 4.79 Å². The molecule has 1 fully saturated rings. The Kier molecular flexibility index (Phi) is 4.58. The molecule has 1 N–H and O–H groups in total.